The molecule has 0 aliphatic heterocycles. The van der Waals surface area contributed by atoms with Crippen LogP contribution >= 0.6 is 0 Å². The first-order chi connectivity index (χ1) is 14.5. The minimum atomic E-state index is -0.484. The average Bonchev–Trinajstić information content (AvgIpc) is 2.77. The zero-order valence-electron chi connectivity index (χ0n) is 18.3. The summed E-state index contributed by atoms with van der Waals surface area (Å²) in [7, 11) is 0. The zero-order valence-corrected chi connectivity index (χ0v) is 18.3. The van der Waals surface area contributed by atoms with Crippen LogP contribution in [0.2, 0.25) is 0 Å². The standard InChI is InChI=1S/C25H34N2O3/c1-4-20(3)26-25(29)23(5-2)27(19-21-13-8-6-9-14-21)24(28)17-12-18-30-22-15-10-7-11-16-22/h6-11,13-16,20,23H,4-5,12,17-19H2,1-3H3,(H,26,29)/t20-,23-/m0/s1. The molecule has 0 aromatic heterocycles. The number of hydrogen-bond donors (Lipinski definition) is 1. The van der Waals surface area contributed by atoms with Crippen LogP contribution < -0.4 is 10.1 Å². The lowest BCUT2D eigenvalue weighted by atomic mass is 10.1. The van der Waals surface area contributed by atoms with Gasteiger partial charge in [0, 0.05) is 19.0 Å². The van der Waals surface area contributed by atoms with Crippen molar-refractivity contribution in [2.45, 2.75) is 65.1 Å². The van der Waals surface area contributed by atoms with Crippen molar-refractivity contribution in [1.82, 2.24) is 10.2 Å². The van der Waals surface area contributed by atoms with E-state index < -0.39 is 6.04 Å². The van der Waals surface area contributed by atoms with Crippen LogP contribution in [0.4, 0.5) is 0 Å². The summed E-state index contributed by atoms with van der Waals surface area (Å²) < 4.78 is 5.71. The summed E-state index contributed by atoms with van der Waals surface area (Å²) in [5, 5.41) is 3.03. The van der Waals surface area contributed by atoms with Crippen LogP contribution in [-0.4, -0.2) is 35.4 Å². The number of ether oxygens (including phenoxy) is 1. The summed E-state index contributed by atoms with van der Waals surface area (Å²) in [4.78, 5) is 27.7. The first-order valence-corrected chi connectivity index (χ1v) is 10.9. The van der Waals surface area contributed by atoms with E-state index >= 15 is 0 Å². The number of benzene rings is 2. The minimum absolute atomic E-state index is 0.0262. The Kier molecular flexibility index (Phi) is 9.92. The first-order valence-electron chi connectivity index (χ1n) is 10.9. The quantitative estimate of drug-likeness (QED) is 0.522. The molecule has 0 spiro atoms. The highest BCUT2D eigenvalue weighted by atomic mass is 16.5. The lowest BCUT2D eigenvalue weighted by molar-refractivity contribution is -0.141. The van der Waals surface area contributed by atoms with Crippen molar-refractivity contribution in [3.05, 3.63) is 66.2 Å². The van der Waals surface area contributed by atoms with Gasteiger partial charge in [0.25, 0.3) is 0 Å². The van der Waals surface area contributed by atoms with Crippen LogP contribution in [0, 0.1) is 0 Å². The number of nitrogens with zero attached hydrogens (tertiary/aromatic N) is 1. The maximum absolute atomic E-state index is 13.1. The van der Waals surface area contributed by atoms with Crippen molar-refractivity contribution in [2.75, 3.05) is 6.61 Å². The highest BCUT2D eigenvalue weighted by Gasteiger charge is 2.28. The van der Waals surface area contributed by atoms with E-state index in [4.69, 9.17) is 4.74 Å². The number of rotatable bonds is 12. The van der Waals surface area contributed by atoms with Crippen LogP contribution in [0.15, 0.2) is 60.7 Å². The van der Waals surface area contributed by atoms with Gasteiger partial charge in [0.2, 0.25) is 11.8 Å². The van der Waals surface area contributed by atoms with Gasteiger partial charge in [0.1, 0.15) is 11.8 Å². The van der Waals surface area contributed by atoms with E-state index in [0.29, 0.717) is 32.4 Å². The first kappa shape index (κ1) is 23.5. The molecule has 0 unspecified atom stereocenters. The molecule has 0 saturated heterocycles. The number of amides is 2. The topological polar surface area (TPSA) is 58.6 Å². The normalized spacial score (nSPS) is 12.6. The van der Waals surface area contributed by atoms with Crippen LogP contribution in [-0.2, 0) is 16.1 Å². The molecule has 2 aromatic rings. The number of hydrogen-bond acceptors (Lipinski definition) is 3. The van der Waals surface area contributed by atoms with Gasteiger partial charge in [-0.3, -0.25) is 9.59 Å². The molecule has 5 heteroatoms. The van der Waals surface area contributed by atoms with Crippen LogP contribution in [0.1, 0.15) is 52.0 Å². The Labute approximate surface area is 180 Å². The van der Waals surface area contributed by atoms with Gasteiger partial charge in [0.15, 0.2) is 0 Å². The monoisotopic (exact) mass is 410 g/mol. The zero-order chi connectivity index (χ0) is 21.8. The van der Waals surface area contributed by atoms with E-state index in [9.17, 15) is 9.59 Å². The van der Waals surface area contributed by atoms with Crippen LogP contribution in [0.3, 0.4) is 0 Å². The van der Waals surface area contributed by atoms with Crippen molar-refractivity contribution in [2.24, 2.45) is 0 Å². The van der Waals surface area contributed by atoms with Crippen molar-refractivity contribution in [1.29, 1.82) is 0 Å². The van der Waals surface area contributed by atoms with E-state index in [1.54, 1.807) is 4.90 Å². The molecule has 2 atom stereocenters. The molecule has 2 amide bonds. The summed E-state index contributed by atoms with van der Waals surface area (Å²) in [6.07, 6.45) is 2.36. The third-order valence-electron chi connectivity index (χ3n) is 5.13. The summed E-state index contributed by atoms with van der Waals surface area (Å²) in [5.41, 5.74) is 1.01. The molecule has 5 nitrogen and oxygen atoms in total. The maximum atomic E-state index is 13.1. The SMILES string of the molecule is CC[C@H](C)NC(=O)[C@H](CC)N(Cc1ccccc1)C(=O)CCCOc1ccccc1. The van der Waals surface area contributed by atoms with Crippen molar-refractivity contribution < 1.29 is 14.3 Å². The van der Waals surface area contributed by atoms with Gasteiger partial charge < -0.3 is 15.0 Å². The molecular formula is C25H34N2O3. The summed E-state index contributed by atoms with van der Waals surface area (Å²) >= 11 is 0. The molecule has 0 bridgehead atoms. The Bertz CT molecular complexity index is 764. The molecule has 0 aliphatic rings. The Morgan fingerprint density at radius 2 is 1.60 bits per heavy atom. The molecule has 162 valence electrons. The third kappa shape index (κ3) is 7.54. The van der Waals surface area contributed by atoms with E-state index in [2.05, 4.69) is 5.32 Å². The molecule has 2 aromatic carbocycles. The molecule has 0 heterocycles. The number of nitrogens with one attached hydrogen (secondary N) is 1. The number of para-hydroxylation sites is 1. The van der Waals surface area contributed by atoms with Gasteiger partial charge in [-0.1, -0.05) is 62.4 Å². The van der Waals surface area contributed by atoms with Crippen molar-refractivity contribution in [3.63, 3.8) is 0 Å². The Morgan fingerprint density at radius 1 is 0.967 bits per heavy atom. The van der Waals surface area contributed by atoms with E-state index in [0.717, 1.165) is 17.7 Å². The fraction of sp³-hybridized carbons (Fsp3) is 0.440. The predicted octanol–water partition coefficient (Wildman–Crippen LogP) is 4.57. The summed E-state index contributed by atoms with van der Waals surface area (Å²) in [6, 6.07) is 19.0. The number of carbonyl (C=O) groups is 2. The van der Waals surface area contributed by atoms with E-state index in [-0.39, 0.29) is 17.9 Å². The predicted molar refractivity (Wildman–Crippen MR) is 120 cm³/mol. The Morgan fingerprint density at radius 3 is 2.20 bits per heavy atom. The molecule has 0 fully saturated rings. The summed E-state index contributed by atoms with van der Waals surface area (Å²) in [5.74, 6) is 0.684. The van der Waals surface area contributed by atoms with Crippen LogP contribution in [0.25, 0.3) is 0 Å². The van der Waals surface area contributed by atoms with Gasteiger partial charge in [-0.15, -0.1) is 0 Å². The highest BCUT2D eigenvalue weighted by Crippen LogP contribution is 2.15. The lowest BCUT2D eigenvalue weighted by Crippen LogP contribution is -2.50. The molecule has 30 heavy (non-hydrogen) atoms. The number of carbonyl (C=O) groups excluding carboxylic acids is 2. The molecule has 0 radical (unpaired) electrons. The van der Waals surface area contributed by atoms with Gasteiger partial charge in [0.05, 0.1) is 6.61 Å². The largest absolute Gasteiger partial charge is 0.494 e. The average molecular weight is 411 g/mol. The molecule has 0 saturated carbocycles. The van der Waals surface area contributed by atoms with E-state index in [1.165, 1.54) is 0 Å². The van der Waals surface area contributed by atoms with Crippen molar-refractivity contribution in [3.8, 4) is 5.75 Å². The third-order valence-corrected chi connectivity index (χ3v) is 5.13. The molecular weight excluding hydrogens is 376 g/mol. The van der Waals surface area contributed by atoms with Crippen molar-refractivity contribution >= 4 is 11.8 Å². The fourth-order valence-electron chi connectivity index (χ4n) is 3.21. The Balaban J connectivity index is 2.03. The summed E-state index contributed by atoms with van der Waals surface area (Å²) in [6.45, 7) is 6.85. The van der Waals surface area contributed by atoms with Gasteiger partial charge >= 0.3 is 0 Å². The Hall–Kier alpha value is -2.82. The minimum Gasteiger partial charge on any atom is -0.494 e. The lowest BCUT2D eigenvalue weighted by Gasteiger charge is -2.31. The van der Waals surface area contributed by atoms with Gasteiger partial charge in [-0.2, -0.15) is 0 Å². The second-order valence-corrected chi connectivity index (χ2v) is 7.51. The second-order valence-electron chi connectivity index (χ2n) is 7.51. The second kappa shape index (κ2) is 12.7. The van der Waals surface area contributed by atoms with Crippen LogP contribution in [0.5, 0.6) is 5.75 Å². The maximum Gasteiger partial charge on any atom is 0.243 e. The van der Waals surface area contributed by atoms with Gasteiger partial charge in [-0.25, -0.2) is 0 Å². The molecule has 2 rings (SSSR count). The molecule has 0 aliphatic carbocycles. The molecule has 1 N–H and O–H groups in total. The smallest absolute Gasteiger partial charge is 0.243 e. The van der Waals surface area contributed by atoms with E-state index in [1.807, 2.05) is 81.4 Å². The fourth-order valence-corrected chi connectivity index (χ4v) is 3.21. The highest BCUT2D eigenvalue weighted by molar-refractivity contribution is 5.87. The van der Waals surface area contributed by atoms with Gasteiger partial charge in [-0.05, 0) is 43.9 Å².